The summed E-state index contributed by atoms with van der Waals surface area (Å²) < 4.78 is 5.52. The van der Waals surface area contributed by atoms with Gasteiger partial charge in [-0.3, -0.25) is 0 Å². The van der Waals surface area contributed by atoms with E-state index in [-0.39, 0.29) is 6.61 Å². The molecule has 0 saturated carbocycles. The van der Waals surface area contributed by atoms with Crippen LogP contribution in [0.2, 0.25) is 5.02 Å². The van der Waals surface area contributed by atoms with Crippen LogP contribution in [-0.4, -0.2) is 24.4 Å². The van der Waals surface area contributed by atoms with E-state index >= 15 is 0 Å². The first-order chi connectivity index (χ1) is 10.2. The zero-order valence-electron chi connectivity index (χ0n) is 12.1. The molecule has 0 aliphatic carbocycles. The Morgan fingerprint density at radius 1 is 1.14 bits per heavy atom. The van der Waals surface area contributed by atoms with Gasteiger partial charge in [0.1, 0.15) is 18.5 Å². The number of benzene rings is 2. The molecule has 112 valence electrons. The molecule has 0 bridgehead atoms. The molecule has 0 aliphatic rings. The van der Waals surface area contributed by atoms with E-state index in [1.807, 2.05) is 30.3 Å². The summed E-state index contributed by atoms with van der Waals surface area (Å²) >= 11 is 6.00. The maximum Gasteiger partial charge on any atom is 0.138 e. The fraction of sp³-hybridized carbons (Fsp3) is 0.294. The summed E-state index contributed by atoms with van der Waals surface area (Å²) in [4.78, 5) is 0. The van der Waals surface area contributed by atoms with E-state index in [9.17, 15) is 5.11 Å². The van der Waals surface area contributed by atoms with Crippen molar-refractivity contribution in [3.63, 3.8) is 0 Å². The molecule has 21 heavy (non-hydrogen) atoms. The number of rotatable bonds is 7. The molecule has 0 heterocycles. The average Bonchev–Trinajstić information content (AvgIpc) is 2.52. The molecule has 1 atom stereocenters. The van der Waals surface area contributed by atoms with Gasteiger partial charge in [-0.2, -0.15) is 0 Å². The fourth-order valence-electron chi connectivity index (χ4n) is 2.04. The Kier molecular flexibility index (Phi) is 5.90. The first-order valence-corrected chi connectivity index (χ1v) is 7.45. The first-order valence-electron chi connectivity index (χ1n) is 7.08. The summed E-state index contributed by atoms with van der Waals surface area (Å²) in [5.41, 5.74) is 2.29. The number of nitrogens with one attached hydrogen (secondary N) is 1. The van der Waals surface area contributed by atoms with Crippen LogP contribution in [-0.2, 0) is 6.42 Å². The highest BCUT2D eigenvalue weighted by Gasteiger charge is 2.08. The Hall–Kier alpha value is -1.71. The number of ether oxygens (including phenoxy) is 1. The van der Waals surface area contributed by atoms with Gasteiger partial charge in [0.25, 0.3) is 0 Å². The van der Waals surface area contributed by atoms with Crippen LogP contribution in [0.4, 0.5) is 5.69 Å². The van der Waals surface area contributed by atoms with E-state index < -0.39 is 6.10 Å². The monoisotopic (exact) mass is 305 g/mol. The van der Waals surface area contributed by atoms with Crippen molar-refractivity contribution < 1.29 is 9.84 Å². The number of hydrogen-bond acceptors (Lipinski definition) is 3. The lowest BCUT2D eigenvalue weighted by atomic mass is 10.1. The van der Waals surface area contributed by atoms with Gasteiger partial charge in [-0.05, 0) is 30.2 Å². The van der Waals surface area contributed by atoms with Crippen molar-refractivity contribution >= 4 is 17.3 Å². The van der Waals surface area contributed by atoms with Crippen LogP contribution in [0.25, 0.3) is 0 Å². The standard InChI is InChI=1S/C17H20ClNO2/c1-2-13-7-3-5-9-16(13)19-11-14(20)12-21-17-10-6-4-8-15(17)18/h3-10,14,19-20H,2,11-12H2,1H3. The third-order valence-corrected chi connectivity index (χ3v) is 3.51. The minimum absolute atomic E-state index is 0.199. The molecule has 2 aromatic rings. The predicted molar refractivity (Wildman–Crippen MR) is 87.3 cm³/mol. The van der Waals surface area contributed by atoms with Gasteiger partial charge in [-0.1, -0.05) is 48.9 Å². The predicted octanol–water partition coefficient (Wildman–Crippen LogP) is 3.75. The van der Waals surface area contributed by atoms with Gasteiger partial charge in [0.15, 0.2) is 0 Å². The lowest BCUT2D eigenvalue weighted by Crippen LogP contribution is -2.26. The lowest BCUT2D eigenvalue weighted by molar-refractivity contribution is 0.117. The van der Waals surface area contributed by atoms with Crippen LogP contribution in [0, 0.1) is 0 Å². The van der Waals surface area contributed by atoms with Gasteiger partial charge in [0, 0.05) is 12.2 Å². The second-order valence-corrected chi connectivity index (χ2v) is 5.19. The number of aliphatic hydroxyl groups excluding tert-OH is 1. The average molecular weight is 306 g/mol. The third-order valence-electron chi connectivity index (χ3n) is 3.19. The molecule has 3 nitrogen and oxygen atoms in total. The molecular weight excluding hydrogens is 286 g/mol. The number of aryl methyl sites for hydroxylation is 1. The normalized spacial score (nSPS) is 12.0. The summed E-state index contributed by atoms with van der Waals surface area (Å²) in [6.45, 7) is 2.74. The number of anilines is 1. The Labute approximate surface area is 130 Å². The topological polar surface area (TPSA) is 41.5 Å². The fourth-order valence-corrected chi connectivity index (χ4v) is 2.23. The minimum atomic E-state index is -0.605. The summed E-state index contributed by atoms with van der Waals surface area (Å²) in [5.74, 6) is 0.590. The third kappa shape index (κ3) is 4.66. The largest absolute Gasteiger partial charge is 0.489 e. The van der Waals surface area contributed by atoms with Gasteiger partial charge < -0.3 is 15.2 Å². The van der Waals surface area contributed by atoms with E-state index in [1.165, 1.54) is 5.56 Å². The van der Waals surface area contributed by atoms with Crippen molar-refractivity contribution in [1.82, 2.24) is 0 Å². The van der Waals surface area contributed by atoms with Crippen LogP contribution >= 0.6 is 11.6 Å². The van der Waals surface area contributed by atoms with Crippen molar-refractivity contribution in [3.05, 3.63) is 59.1 Å². The lowest BCUT2D eigenvalue weighted by Gasteiger charge is -2.16. The molecule has 2 N–H and O–H groups in total. The molecule has 0 aromatic heterocycles. The zero-order valence-corrected chi connectivity index (χ0v) is 12.8. The summed E-state index contributed by atoms with van der Waals surface area (Å²) in [6.07, 6.45) is 0.348. The molecule has 0 saturated heterocycles. The van der Waals surface area contributed by atoms with Gasteiger partial charge in [-0.25, -0.2) is 0 Å². The van der Waals surface area contributed by atoms with E-state index in [0.29, 0.717) is 17.3 Å². The molecule has 0 radical (unpaired) electrons. The van der Waals surface area contributed by atoms with Gasteiger partial charge >= 0.3 is 0 Å². The summed E-state index contributed by atoms with van der Waals surface area (Å²) in [5, 5.41) is 13.8. The molecule has 0 amide bonds. The van der Waals surface area contributed by atoms with Crippen LogP contribution in [0.1, 0.15) is 12.5 Å². The summed E-state index contributed by atoms with van der Waals surface area (Å²) in [6, 6.07) is 15.3. The molecule has 0 fully saturated rings. The second kappa shape index (κ2) is 7.91. The Bertz CT molecular complexity index is 574. The molecule has 4 heteroatoms. The highest BCUT2D eigenvalue weighted by atomic mass is 35.5. The van der Waals surface area contributed by atoms with Gasteiger partial charge in [0.05, 0.1) is 5.02 Å². The van der Waals surface area contributed by atoms with Crippen LogP contribution in [0.15, 0.2) is 48.5 Å². The van der Waals surface area contributed by atoms with E-state index in [4.69, 9.17) is 16.3 Å². The maximum atomic E-state index is 10.00. The van der Waals surface area contributed by atoms with Crippen LogP contribution in [0.3, 0.4) is 0 Å². The Morgan fingerprint density at radius 2 is 1.86 bits per heavy atom. The highest BCUT2D eigenvalue weighted by Crippen LogP contribution is 2.23. The van der Waals surface area contributed by atoms with Gasteiger partial charge in [0.2, 0.25) is 0 Å². The second-order valence-electron chi connectivity index (χ2n) is 4.79. The van der Waals surface area contributed by atoms with Crippen molar-refractivity contribution in [2.75, 3.05) is 18.5 Å². The Balaban J connectivity index is 1.82. The van der Waals surface area contributed by atoms with Crippen molar-refractivity contribution in [3.8, 4) is 5.75 Å². The summed E-state index contributed by atoms with van der Waals surface area (Å²) in [7, 11) is 0. The van der Waals surface area contributed by atoms with Crippen molar-refractivity contribution in [2.45, 2.75) is 19.4 Å². The Morgan fingerprint density at radius 3 is 2.62 bits per heavy atom. The minimum Gasteiger partial charge on any atom is -0.489 e. The SMILES string of the molecule is CCc1ccccc1NCC(O)COc1ccccc1Cl. The van der Waals surface area contributed by atoms with Crippen molar-refractivity contribution in [1.29, 1.82) is 0 Å². The number of para-hydroxylation sites is 2. The smallest absolute Gasteiger partial charge is 0.138 e. The van der Waals surface area contributed by atoms with Crippen molar-refractivity contribution in [2.24, 2.45) is 0 Å². The van der Waals surface area contributed by atoms with Gasteiger partial charge in [-0.15, -0.1) is 0 Å². The zero-order chi connectivity index (χ0) is 15.1. The number of aliphatic hydroxyl groups is 1. The number of halogens is 1. The first kappa shape index (κ1) is 15.7. The van der Waals surface area contributed by atoms with Crippen LogP contribution in [0.5, 0.6) is 5.75 Å². The van der Waals surface area contributed by atoms with Crippen LogP contribution < -0.4 is 10.1 Å². The van der Waals surface area contributed by atoms with E-state index in [2.05, 4.69) is 18.3 Å². The molecule has 2 rings (SSSR count). The molecule has 0 aliphatic heterocycles. The quantitative estimate of drug-likeness (QED) is 0.818. The molecule has 0 spiro atoms. The molecular formula is C17H20ClNO2. The molecule has 2 aromatic carbocycles. The molecule has 1 unspecified atom stereocenters. The maximum absolute atomic E-state index is 10.00. The highest BCUT2D eigenvalue weighted by molar-refractivity contribution is 6.32. The van der Waals surface area contributed by atoms with E-state index in [1.54, 1.807) is 12.1 Å². The number of hydrogen-bond donors (Lipinski definition) is 2. The van der Waals surface area contributed by atoms with E-state index in [0.717, 1.165) is 12.1 Å².